The van der Waals surface area contributed by atoms with E-state index in [1.165, 1.54) is 67.6 Å². The number of likely N-dealkylation sites (N-methyl/N-ethyl adjacent to an activating group) is 1. The number of phenolic OH excluding ortho intramolecular Hbond substituents is 3. The van der Waals surface area contributed by atoms with Gasteiger partial charge in [-0.3, -0.25) is 38.5 Å². The Bertz CT molecular complexity index is 3730. The molecule has 92 heavy (non-hydrogen) atoms. The van der Waals surface area contributed by atoms with Crippen LogP contribution < -0.4 is 51.8 Å². The molecule has 490 valence electrons. The second-order valence-electron chi connectivity index (χ2n) is 24.2. The van der Waals surface area contributed by atoms with Gasteiger partial charge in [-0.2, -0.15) is 0 Å². The lowest BCUT2D eigenvalue weighted by Gasteiger charge is -2.36. The van der Waals surface area contributed by atoms with Crippen molar-refractivity contribution in [2.24, 2.45) is 11.7 Å². The highest BCUT2D eigenvalue weighted by molar-refractivity contribution is 6.00. The molecule has 5 aromatic carbocycles. The van der Waals surface area contributed by atoms with Crippen LogP contribution in [-0.4, -0.2) is 158 Å². The van der Waals surface area contributed by atoms with Crippen LogP contribution in [0.5, 0.6) is 46.0 Å². The molecular weight excluding hydrogens is 1200 g/mol. The molecule has 0 aromatic heterocycles. The maximum Gasteiger partial charge on any atom is 0.248 e. The summed E-state index contributed by atoms with van der Waals surface area (Å²) in [6.07, 6.45) is -8.12. The maximum absolute atomic E-state index is 15.9. The highest BCUT2D eigenvalue weighted by atomic mass is 16.6. The number of aliphatic hydroxyl groups excluding tert-OH is 4. The molecule has 1 saturated heterocycles. The number of aryl methyl sites for hydroxylation is 2. The summed E-state index contributed by atoms with van der Waals surface area (Å²) in [5, 5.41) is 96.0. The van der Waals surface area contributed by atoms with E-state index in [1.807, 2.05) is 13.8 Å². The largest absolute Gasteiger partial charge is 0.508 e. The average molecular weight is 1270 g/mol. The van der Waals surface area contributed by atoms with Gasteiger partial charge in [0.25, 0.3) is 0 Å². The first kappa shape index (κ1) is 67.0. The van der Waals surface area contributed by atoms with Crippen molar-refractivity contribution in [1.29, 1.82) is 0 Å². The fourth-order valence-electron chi connectivity index (χ4n) is 11.7. The smallest absolute Gasteiger partial charge is 0.248 e. The van der Waals surface area contributed by atoms with Crippen molar-refractivity contribution in [3.63, 3.8) is 0 Å². The van der Waals surface area contributed by atoms with E-state index >= 15 is 14.4 Å². The first-order valence-corrected chi connectivity index (χ1v) is 29.9. The van der Waals surface area contributed by atoms with E-state index < -0.39 is 144 Å². The molecule has 0 aliphatic carbocycles. The molecule has 7 amide bonds. The molecule has 13 unspecified atom stereocenters. The van der Waals surface area contributed by atoms with Crippen molar-refractivity contribution in [2.75, 3.05) is 20.7 Å². The van der Waals surface area contributed by atoms with Crippen molar-refractivity contribution in [3.05, 3.63) is 117 Å². The van der Waals surface area contributed by atoms with Crippen LogP contribution in [0.25, 0.3) is 11.1 Å². The number of nitrogens with zero attached hydrogens (tertiary/aromatic N) is 1. The number of aldehydes is 1. The van der Waals surface area contributed by atoms with E-state index in [0.717, 1.165) is 12.1 Å². The minimum atomic E-state index is -2.11. The number of phenols is 3. The fourth-order valence-corrected chi connectivity index (χ4v) is 11.7. The van der Waals surface area contributed by atoms with Gasteiger partial charge in [0.05, 0.1) is 30.8 Å². The van der Waals surface area contributed by atoms with Crippen LogP contribution in [0.4, 0.5) is 0 Å². The molecule has 0 spiro atoms. The molecule has 0 saturated carbocycles. The number of carbonyl (C=O) groups is 8. The third-order valence-electron chi connectivity index (χ3n) is 16.9. The SMILES string of the molecule is CCC1OC(COc2c3cc4cc2Oc2ccc(cc2C)C(O)C(NC(=O)C(CC(C)C)N(C)C)C(=O)NC(CC(N)=O)C(=O)NC4C(=O)NC2C(=O)NC(C(=O)NC(C=O)c4cc(O)c(C)c(O)c4-c4cc2ccc4O)C(O)c2ccc(c(C)c2)O3)CC(O)C1O. The first-order chi connectivity index (χ1) is 43.6. The van der Waals surface area contributed by atoms with Crippen LogP contribution in [0.15, 0.2) is 72.8 Å². The van der Waals surface area contributed by atoms with Gasteiger partial charge in [-0.15, -0.1) is 0 Å². The number of carbonyl (C=O) groups excluding carboxylic acids is 8. The molecular formula is C65H76N8O19. The van der Waals surface area contributed by atoms with Gasteiger partial charge in [0.1, 0.15) is 96.2 Å². The third kappa shape index (κ3) is 14.1. The number of ether oxygens (including phenoxy) is 4. The Morgan fingerprint density at radius 2 is 1.32 bits per heavy atom. The number of aliphatic hydroxyl groups is 4. The Hall–Kier alpha value is -9.38. The zero-order chi connectivity index (χ0) is 66.9. The van der Waals surface area contributed by atoms with Gasteiger partial charge in [0.15, 0.2) is 11.5 Å². The first-order valence-electron chi connectivity index (χ1n) is 29.9. The standard InChI is InChI=1S/C65H76N8O19/c1-9-44-58(82)43(77)22-35(90-44)26-89-59-47-20-34-21-48(59)92-46-15-12-33(18-29(46)5)57(81)54-65(88)68-39(25-74)36-23-42(76)30(6)55(79)50(36)37-19-31(10-13-41(37)75)51(62(85)72-54)70-63(86)52(34)69-60(83)38(24-49(66)78)67-64(87)53(71-61(84)40(73(7)8)16-27(2)3)56(80)32-11-14-45(91-47)28(4)17-32/h10-15,17-21,23,25,27,35,38-40,43-44,51-54,56-58,75-77,79-82H,9,16,22,24,26H2,1-8H3,(H2,66,78)(H,67,87)(H,68,88)(H,69,83)(H,70,86)(H,71,84)(H,72,85). The molecule has 13 atom stereocenters. The van der Waals surface area contributed by atoms with E-state index in [9.17, 15) is 59.7 Å². The zero-order valence-electron chi connectivity index (χ0n) is 51.7. The monoisotopic (exact) mass is 1270 g/mol. The summed E-state index contributed by atoms with van der Waals surface area (Å²) in [4.78, 5) is 118. The number of primary amides is 1. The summed E-state index contributed by atoms with van der Waals surface area (Å²) in [5.74, 6) is -10.3. The Kier molecular flexibility index (Phi) is 20.1. The summed E-state index contributed by atoms with van der Waals surface area (Å²) in [5.41, 5.74) is 5.04. The molecule has 11 bridgehead atoms. The number of hydrogen-bond acceptors (Lipinski definition) is 20. The average Bonchev–Trinajstić information content (AvgIpc) is 0.997. The third-order valence-corrected chi connectivity index (χ3v) is 16.9. The van der Waals surface area contributed by atoms with Crippen LogP contribution in [0.1, 0.15) is 121 Å². The lowest BCUT2D eigenvalue weighted by atomic mass is 9.88. The summed E-state index contributed by atoms with van der Waals surface area (Å²) >= 11 is 0. The second kappa shape index (κ2) is 27.6. The molecule has 15 N–H and O–H groups in total. The topological polar surface area (TPSA) is 417 Å². The van der Waals surface area contributed by atoms with Crippen LogP contribution in [0.2, 0.25) is 0 Å². The van der Waals surface area contributed by atoms with Crippen LogP contribution in [-0.2, 0) is 43.1 Å². The van der Waals surface area contributed by atoms with E-state index in [2.05, 4.69) is 31.9 Å². The predicted octanol–water partition coefficient (Wildman–Crippen LogP) is 2.43. The molecule has 11 rings (SSSR count). The van der Waals surface area contributed by atoms with E-state index in [1.54, 1.807) is 39.8 Å². The van der Waals surface area contributed by atoms with Gasteiger partial charge >= 0.3 is 0 Å². The summed E-state index contributed by atoms with van der Waals surface area (Å²) in [7, 11) is 3.31. The normalized spacial score (nSPS) is 25.3. The minimum absolute atomic E-state index is 0.000968. The number of rotatable bonds is 12. The molecule has 1 fully saturated rings. The minimum Gasteiger partial charge on any atom is -0.508 e. The van der Waals surface area contributed by atoms with E-state index in [0.29, 0.717) is 18.4 Å². The number of amides is 7. The molecule has 6 heterocycles. The van der Waals surface area contributed by atoms with Gasteiger partial charge in [0, 0.05) is 23.1 Å². The number of aromatic hydroxyl groups is 3. The van der Waals surface area contributed by atoms with Gasteiger partial charge in [0.2, 0.25) is 47.1 Å². The molecule has 27 nitrogen and oxygen atoms in total. The lowest BCUT2D eigenvalue weighted by molar-refractivity contribution is -0.175. The maximum atomic E-state index is 15.9. The van der Waals surface area contributed by atoms with Gasteiger partial charge in [-0.1, -0.05) is 39.0 Å². The number of nitrogens with one attached hydrogen (secondary N) is 6. The highest BCUT2D eigenvalue weighted by Crippen LogP contribution is 2.48. The van der Waals surface area contributed by atoms with Crippen molar-refractivity contribution < 1.29 is 93.0 Å². The van der Waals surface area contributed by atoms with Crippen LogP contribution in [0, 0.1) is 26.7 Å². The van der Waals surface area contributed by atoms with Crippen molar-refractivity contribution in [2.45, 2.75) is 146 Å². The number of benzene rings is 5. The van der Waals surface area contributed by atoms with Gasteiger partial charge in [-0.25, -0.2) is 0 Å². The Morgan fingerprint density at radius 3 is 1.90 bits per heavy atom. The second-order valence-corrected chi connectivity index (χ2v) is 24.2. The Labute approximate surface area is 528 Å². The Balaban J connectivity index is 1.30. The Morgan fingerprint density at radius 1 is 0.717 bits per heavy atom. The number of nitrogens with two attached hydrogens (primary N) is 1. The summed E-state index contributed by atoms with van der Waals surface area (Å²) in [6, 6.07) is 2.99. The van der Waals surface area contributed by atoms with Crippen LogP contribution in [0.3, 0.4) is 0 Å². The number of fused-ring (bicyclic) bond motifs is 15. The molecule has 27 heteroatoms. The number of hydrogen-bond donors (Lipinski definition) is 14. The van der Waals surface area contributed by atoms with Crippen LogP contribution >= 0.6 is 0 Å². The zero-order valence-corrected chi connectivity index (χ0v) is 51.7. The van der Waals surface area contributed by atoms with Gasteiger partial charge in [-0.05, 0) is 147 Å². The predicted molar refractivity (Wildman–Crippen MR) is 327 cm³/mol. The van der Waals surface area contributed by atoms with Gasteiger partial charge < -0.3 is 97.1 Å². The fraction of sp³-hybridized carbons (Fsp3) is 0.415. The molecule has 0 radical (unpaired) electrons. The molecule has 5 aromatic rings. The molecule has 6 aliphatic rings. The molecule has 6 aliphatic heterocycles. The highest BCUT2D eigenvalue weighted by Gasteiger charge is 2.42. The van der Waals surface area contributed by atoms with Crippen molar-refractivity contribution in [3.8, 4) is 57.1 Å². The van der Waals surface area contributed by atoms with Crippen molar-refractivity contribution >= 4 is 47.6 Å². The summed E-state index contributed by atoms with van der Waals surface area (Å²) < 4.78 is 26.3. The quantitative estimate of drug-likeness (QED) is 0.0798. The van der Waals surface area contributed by atoms with Crippen molar-refractivity contribution in [1.82, 2.24) is 36.8 Å². The van der Waals surface area contributed by atoms with E-state index in [4.69, 9.17) is 24.7 Å². The van der Waals surface area contributed by atoms with E-state index in [-0.39, 0.29) is 104 Å². The lowest BCUT2D eigenvalue weighted by Crippen LogP contribution is -2.59. The summed E-state index contributed by atoms with van der Waals surface area (Å²) in [6.45, 7) is 9.69.